The first-order chi connectivity index (χ1) is 10.2. The van der Waals surface area contributed by atoms with E-state index in [4.69, 9.17) is 10.5 Å². The van der Waals surface area contributed by atoms with Crippen LogP contribution in [0.5, 0.6) is 0 Å². The Labute approximate surface area is 124 Å². The van der Waals surface area contributed by atoms with Crippen molar-refractivity contribution in [3.63, 3.8) is 0 Å². The van der Waals surface area contributed by atoms with E-state index in [0.717, 1.165) is 24.1 Å². The largest absolute Gasteiger partial charge is 0.388 e. The van der Waals surface area contributed by atoms with Gasteiger partial charge in [-0.05, 0) is 25.0 Å². The summed E-state index contributed by atoms with van der Waals surface area (Å²) in [6, 6.07) is 9.86. The fraction of sp³-hybridized carbons (Fsp3) is 0.438. The molecule has 1 aromatic heterocycles. The quantitative estimate of drug-likeness (QED) is 0.897. The predicted octanol–water partition coefficient (Wildman–Crippen LogP) is 1.66. The van der Waals surface area contributed by atoms with Gasteiger partial charge in [0.05, 0.1) is 18.0 Å². The Kier molecular flexibility index (Phi) is 4.05. The minimum Gasteiger partial charge on any atom is -0.388 e. The van der Waals surface area contributed by atoms with Crippen molar-refractivity contribution >= 4 is 0 Å². The molecule has 1 fully saturated rings. The number of nitrogens with zero attached hydrogens (tertiary/aromatic N) is 2. The number of aromatic nitrogens is 2. The third-order valence-electron chi connectivity index (χ3n) is 4.41. The maximum atomic E-state index is 10.8. The molecular formula is C16H21N3O2. The summed E-state index contributed by atoms with van der Waals surface area (Å²) >= 11 is 0. The van der Waals surface area contributed by atoms with Gasteiger partial charge in [0.15, 0.2) is 0 Å². The van der Waals surface area contributed by atoms with Crippen LogP contribution in [0.15, 0.2) is 42.7 Å². The maximum absolute atomic E-state index is 10.8. The molecule has 0 spiro atoms. The van der Waals surface area contributed by atoms with E-state index < -0.39 is 6.10 Å². The Morgan fingerprint density at radius 3 is 2.67 bits per heavy atom. The van der Waals surface area contributed by atoms with Crippen LogP contribution >= 0.6 is 0 Å². The molecule has 112 valence electrons. The van der Waals surface area contributed by atoms with E-state index in [-0.39, 0.29) is 5.41 Å². The standard InChI is InChI=1S/C16H21N3O2/c17-12-16(6-8-21-9-7-16)15(20)13-10-18-19(11-13)14-4-2-1-3-5-14/h1-5,10-11,15,20H,6-9,12,17H2. The minimum atomic E-state index is -0.608. The van der Waals surface area contributed by atoms with E-state index in [2.05, 4.69) is 5.10 Å². The second kappa shape index (κ2) is 5.97. The number of nitrogens with two attached hydrogens (primary N) is 1. The molecule has 2 aromatic rings. The van der Waals surface area contributed by atoms with Crippen LogP contribution in [0.2, 0.25) is 0 Å². The lowest BCUT2D eigenvalue weighted by molar-refractivity contribution is -0.0581. The Morgan fingerprint density at radius 1 is 1.29 bits per heavy atom. The molecule has 2 heterocycles. The summed E-state index contributed by atoms with van der Waals surface area (Å²) < 4.78 is 7.18. The number of ether oxygens (including phenoxy) is 1. The molecule has 0 aliphatic carbocycles. The average Bonchev–Trinajstić information content (AvgIpc) is 3.05. The van der Waals surface area contributed by atoms with Crippen LogP contribution in [0.3, 0.4) is 0 Å². The van der Waals surface area contributed by atoms with Crippen LogP contribution in [0, 0.1) is 5.41 Å². The van der Waals surface area contributed by atoms with Gasteiger partial charge >= 0.3 is 0 Å². The Hall–Kier alpha value is -1.69. The number of aliphatic hydroxyl groups is 1. The SMILES string of the molecule is NCC1(C(O)c2cnn(-c3ccccc3)c2)CCOCC1. The van der Waals surface area contributed by atoms with Crippen molar-refractivity contribution in [1.82, 2.24) is 9.78 Å². The monoisotopic (exact) mass is 287 g/mol. The third kappa shape index (κ3) is 2.72. The highest BCUT2D eigenvalue weighted by Gasteiger charge is 2.39. The van der Waals surface area contributed by atoms with E-state index in [1.54, 1.807) is 10.9 Å². The smallest absolute Gasteiger partial charge is 0.0890 e. The van der Waals surface area contributed by atoms with Crippen LogP contribution in [-0.4, -0.2) is 34.6 Å². The molecule has 3 rings (SSSR count). The normalized spacial score (nSPS) is 19.3. The van der Waals surface area contributed by atoms with Crippen molar-refractivity contribution in [2.24, 2.45) is 11.1 Å². The van der Waals surface area contributed by atoms with E-state index in [1.165, 1.54) is 0 Å². The summed E-state index contributed by atoms with van der Waals surface area (Å²) in [5.41, 5.74) is 7.44. The number of hydrogen-bond donors (Lipinski definition) is 2. The molecule has 5 nitrogen and oxygen atoms in total. The molecule has 0 amide bonds. The minimum absolute atomic E-state index is 0.303. The van der Waals surface area contributed by atoms with Crippen molar-refractivity contribution < 1.29 is 9.84 Å². The molecule has 1 aliphatic rings. The number of benzene rings is 1. The first kappa shape index (κ1) is 14.3. The van der Waals surface area contributed by atoms with Gasteiger partial charge in [-0.2, -0.15) is 5.10 Å². The van der Waals surface area contributed by atoms with Gasteiger partial charge in [-0.25, -0.2) is 4.68 Å². The van der Waals surface area contributed by atoms with Gasteiger partial charge in [0.1, 0.15) is 0 Å². The van der Waals surface area contributed by atoms with Gasteiger partial charge in [-0.15, -0.1) is 0 Å². The van der Waals surface area contributed by atoms with E-state index >= 15 is 0 Å². The zero-order valence-corrected chi connectivity index (χ0v) is 12.0. The molecule has 1 saturated heterocycles. The summed E-state index contributed by atoms with van der Waals surface area (Å²) in [6.07, 6.45) is 4.56. The number of aliphatic hydroxyl groups excluding tert-OH is 1. The first-order valence-corrected chi connectivity index (χ1v) is 7.31. The molecule has 0 radical (unpaired) electrons. The summed E-state index contributed by atoms with van der Waals surface area (Å²) in [6.45, 7) is 1.76. The molecule has 0 bridgehead atoms. The second-order valence-electron chi connectivity index (χ2n) is 5.64. The lowest BCUT2D eigenvalue weighted by Gasteiger charge is -2.39. The van der Waals surface area contributed by atoms with Gasteiger partial charge in [-0.3, -0.25) is 0 Å². The van der Waals surface area contributed by atoms with Crippen LogP contribution in [-0.2, 0) is 4.74 Å². The Balaban J connectivity index is 1.85. The number of hydrogen-bond acceptors (Lipinski definition) is 4. The van der Waals surface area contributed by atoms with Crippen molar-refractivity contribution in [2.45, 2.75) is 18.9 Å². The highest BCUT2D eigenvalue weighted by molar-refractivity contribution is 5.31. The number of para-hydroxylation sites is 1. The molecule has 0 saturated carbocycles. The van der Waals surface area contributed by atoms with Gasteiger partial charge in [0.2, 0.25) is 0 Å². The Morgan fingerprint density at radius 2 is 2.00 bits per heavy atom. The van der Waals surface area contributed by atoms with Gasteiger partial charge in [0, 0.05) is 36.9 Å². The van der Waals surface area contributed by atoms with Crippen molar-refractivity contribution in [3.8, 4) is 5.69 Å². The second-order valence-corrected chi connectivity index (χ2v) is 5.64. The Bertz CT molecular complexity index is 576. The van der Waals surface area contributed by atoms with Crippen LogP contribution in [0.25, 0.3) is 5.69 Å². The summed E-state index contributed by atoms with van der Waals surface area (Å²) in [7, 11) is 0. The van der Waals surface area contributed by atoms with Crippen LogP contribution in [0.4, 0.5) is 0 Å². The predicted molar refractivity (Wildman–Crippen MR) is 80.1 cm³/mol. The molecule has 1 unspecified atom stereocenters. The van der Waals surface area contributed by atoms with E-state index in [1.807, 2.05) is 36.5 Å². The highest BCUT2D eigenvalue weighted by Crippen LogP contribution is 2.41. The van der Waals surface area contributed by atoms with E-state index in [0.29, 0.717) is 19.8 Å². The molecule has 5 heteroatoms. The summed E-state index contributed by atoms with van der Waals surface area (Å²) in [5.74, 6) is 0. The molecule has 1 aromatic carbocycles. The zero-order chi connectivity index (χ0) is 14.7. The third-order valence-corrected chi connectivity index (χ3v) is 4.41. The highest BCUT2D eigenvalue weighted by atomic mass is 16.5. The van der Waals surface area contributed by atoms with Crippen molar-refractivity contribution in [3.05, 3.63) is 48.3 Å². The lowest BCUT2D eigenvalue weighted by Crippen LogP contribution is -2.41. The molecule has 1 atom stereocenters. The van der Waals surface area contributed by atoms with Gasteiger partial charge < -0.3 is 15.6 Å². The fourth-order valence-corrected chi connectivity index (χ4v) is 2.92. The topological polar surface area (TPSA) is 73.3 Å². The number of rotatable bonds is 4. The summed E-state index contributed by atoms with van der Waals surface area (Å²) in [5, 5.41) is 15.1. The lowest BCUT2D eigenvalue weighted by atomic mass is 9.73. The average molecular weight is 287 g/mol. The van der Waals surface area contributed by atoms with Crippen molar-refractivity contribution in [1.29, 1.82) is 0 Å². The summed E-state index contributed by atoms with van der Waals surface area (Å²) in [4.78, 5) is 0. The maximum Gasteiger partial charge on any atom is 0.0890 e. The molecule has 1 aliphatic heterocycles. The molecular weight excluding hydrogens is 266 g/mol. The van der Waals surface area contributed by atoms with Gasteiger partial charge in [0.25, 0.3) is 0 Å². The van der Waals surface area contributed by atoms with Crippen molar-refractivity contribution in [2.75, 3.05) is 19.8 Å². The van der Waals surface area contributed by atoms with E-state index in [9.17, 15) is 5.11 Å². The van der Waals surface area contributed by atoms with Gasteiger partial charge in [-0.1, -0.05) is 18.2 Å². The molecule has 21 heavy (non-hydrogen) atoms. The zero-order valence-electron chi connectivity index (χ0n) is 12.0. The fourth-order valence-electron chi connectivity index (χ4n) is 2.92. The first-order valence-electron chi connectivity index (χ1n) is 7.31. The molecule has 3 N–H and O–H groups in total. The van der Waals surface area contributed by atoms with Crippen LogP contribution < -0.4 is 5.73 Å². The van der Waals surface area contributed by atoms with Crippen LogP contribution in [0.1, 0.15) is 24.5 Å².